The van der Waals surface area contributed by atoms with Gasteiger partial charge in [0.25, 0.3) is 5.91 Å². The lowest BCUT2D eigenvalue weighted by atomic mass is 10.2. The Labute approximate surface area is 117 Å². The predicted octanol–water partition coefficient (Wildman–Crippen LogP) is 2.20. The van der Waals surface area contributed by atoms with Gasteiger partial charge in [-0.1, -0.05) is 18.9 Å². The molecule has 0 spiro atoms. The van der Waals surface area contributed by atoms with Crippen molar-refractivity contribution in [2.24, 2.45) is 0 Å². The molecule has 20 heavy (non-hydrogen) atoms. The molecule has 1 aliphatic heterocycles. The van der Waals surface area contributed by atoms with Gasteiger partial charge < -0.3 is 10.0 Å². The summed E-state index contributed by atoms with van der Waals surface area (Å²) >= 11 is 0. The van der Waals surface area contributed by atoms with E-state index in [0.29, 0.717) is 11.3 Å². The highest BCUT2D eigenvalue weighted by Crippen LogP contribution is 2.13. The molecule has 1 amide bonds. The highest BCUT2D eigenvalue weighted by atomic mass is 16.4. The van der Waals surface area contributed by atoms with Gasteiger partial charge in [0.1, 0.15) is 5.69 Å². The molecule has 2 heterocycles. The van der Waals surface area contributed by atoms with Crippen LogP contribution in [0.3, 0.4) is 0 Å². The van der Waals surface area contributed by atoms with E-state index in [0.717, 1.165) is 32.0 Å². The van der Waals surface area contributed by atoms with Crippen LogP contribution in [-0.2, 0) is 4.79 Å². The summed E-state index contributed by atoms with van der Waals surface area (Å²) in [7, 11) is 0. The lowest BCUT2D eigenvalue weighted by Gasteiger charge is -2.19. The zero-order valence-corrected chi connectivity index (χ0v) is 11.3. The van der Waals surface area contributed by atoms with Gasteiger partial charge in [0, 0.05) is 25.4 Å². The van der Waals surface area contributed by atoms with E-state index in [4.69, 9.17) is 5.11 Å². The van der Waals surface area contributed by atoms with E-state index < -0.39 is 5.97 Å². The number of likely N-dealkylation sites (tertiary alicyclic amines) is 1. The van der Waals surface area contributed by atoms with Crippen molar-refractivity contribution in [3.05, 3.63) is 35.7 Å². The predicted molar refractivity (Wildman–Crippen MR) is 75.3 cm³/mol. The van der Waals surface area contributed by atoms with Gasteiger partial charge in [-0.2, -0.15) is 0 Å². The van der Waals surface area contributed by atoms with E-state index in [-0.39, 0.29) is 5.91 Å². The number of nitrogens with zero attached hydrogens (tertiary/aromatic N) is 2. The van der Waals surface area contributed by atoms with Crippen LogP contribution in [0.5, 0.6) is 0 Å². The van der Waals surface area contributed by atoms with Gasteiger partial charge in [-0.25, -0.2) is 4.79 Å². The lowest BCUT2D eigenvalue weighted by Crippen LogP contribution is -2.32. The van der Waals surface area contributed by atoms with Crippen molar-refractivity contribution < 1.29 is 14.7 Å². The zero-order chi connectivity index (χ0) is 14.4. The quantitative estimate of drug-likeness (QED) is 0.858. The largest absolute Gasteiger partial charge is 0.478 e. The molecule has 1 saturated heterocycles. The Morgan fingerprint density at radius 1 is 1.15 bits per heavy atom. The summed E-state index contributed by atoms with van der Waals surface area (Å²) in [4.78, 5) is 28.7. The molecule has 0 radical (unpaired) electrons. The zero-order valence-electron chi connectivity index (χ0n) is 11.3. The summed E-state index contributed by atoms with van der Waals surface area (Å²) in [5.41, 5.74) is 1.08. The summed E-state index contributed by atoms with van der Waals surface area (Å²) in [6.07, 6.45) is 8.47. The van der Waals surface area contributed by atoms with Crippen LogP contribution in [0, 0.1) is 0 Å². The van der Waals surface area contributed by atoms with Crippen molar-refractivity contribution in [2.45, 2.75) is 25.7 Å². The first-order valence-corrected chi connectivity index (χ1v) is 6.83. The number of amides is 1. The molecule has 1 aromatic heterocycles. The minimum atomic E-state index is -1.00. The van der Waals surface area contributed by atoms with Crippen LogP contribution in [0.4, 0.5) is 0 Å². The average molecular weight is 274 g/mol. The summed E-state index contributed by atoms with van der Waals surface area (Å²) in [6.45, 7) is 1.59. The van der Waals surface area contributed by atoms with E-state index in [1.165, 1.54) is 25.1 Å². The maximum atomic E-state index is 12.3. The third-order valence-corrected chi connectivity index (χ3v) is 3.32. The maximum Gasteiger partial charge on any atom is 0.328 e. The molecular formula is C15H18N2O3. The number of pyridine rings is 1. The second-order valence-corrected chi connectivity index (χ2v) is 4.85. The van der Waals surface area contributed by atoms with Crippen LogP contribution in [0.15, 0.2) is 24.4 Å². The van der Waals surface area contributed by atoms with Gasteiger partial charge in [0.15, 0.2) is 0 Å². The van der Waals surface area contributed by atoms with Crippen LogP contribution in [0.2, 0.25) is 0 Å². The smallest absolute Gasteiger partial charge is 0.328 e. The molecule has 0 unspecified atom stereocenters. The third kappa shape index (κ3) is 3.91. The highest BCUT2D eigenvalue weighted by Gasteiger charge is 2.17. The van der Waals surface area contributed by atoms with Crippen LogP contribution in [-0.4, -0.2) is 40.0 Å². The van der Waals surface area contributed by atoms with Crippen LogP contribution in [0.1, 0.15) is 41.7 Å². The van der Waals surface area contributed by atoms with E-state index in [1.54, 1.807) is 12.1 Å². The van der Waals surface area contributed by atoms with E-state index >= 15 is 0 Å². The Bertz CT molecular complexity index is 500. The molecule has 2 rings (SSSR count). The number of carboxylic acids is 1. The van der Waals surface area contributed by atoms with Gasteiger partial charge in [0.2, 0.25) is 0 Å². The molecule has 1 aliphatic rings. The number of hydrogen-bond acceptors (Lipinski definition) is 3. The summed E-state index contributed by atoms with van der Waals surface area (Å²) in [5, 5.41) is 8.55. The second-order valence-electron chi connectivity index (χ2n) is 4.85. The molecular weight excluding hydrogens is 256 g/mol. The second kappa shape index (κ2) is 6.84. The van der Waals surface area contributed by atoms with Gasteiger partial charge in [-0.15, -0.1) is 0 Å². The lowest BCUT2D eigenvalue weighted by molar-refractivity contribution is -0.131. The Balaban J connectivity index is 2.04. The summed E-state index contributed by atoms with van der Waals surface area (Å²) < 4.78 is 0. The molecule has 5 nitrogen and oxygen atoms in total. The molecule has 0 aliphatic carbocycles. The fourth-order valence-corrected chi connectivity index (χ4v) is 2.23. The SMILES string of the molecule is O=C(O)C=Cc1ccc(C(=O)N2CCCCCC2)nc1. The van der Waals surface area contributed by atoms with Crippen LogP contribution < -0.4 is 0 Å². The van der Waals surface area contributed by atoms with Crippen molar-refractivity contribution in [3.63, 3.8) is 0 Å². The number of hydrogen-bond donors (Lipinski definition) is 1. The number of rotatable bonds is 3. The molecule has 0 aromatic carbocycles. The van der Waals surface area contributed by atoms with E-state index in [9.17, 15) is 9.59 Å². The monoisotopic (exact) mass is 274 g/mol. The molecule has 1 aromatic rings. The number of aromatic nitrogens is 1. The standard InChI is InChI=1S/C15H18N2O3/c18-14(19)8-6-12-5-7-13(16-11-12)15(20)17-9-3-1-2-4-10-17/h5-8,11H,1-4,9-10H2,(H,18,19). The minimum absolute atomic E-state index is 0.0411. The topological polar surface area (TPSA) is 70.5 Å². The normalized spacial score (nSPS) is 16.1. The van der Waals surface area contributed by atoms with Gasteiger partial charge in [-0.05, 0) is 30.5 Å². The number of aliphatic carboxylic acids is 1. The Hall–Kier alpha value is -2.17. The first-order valence-electron chi connectivity index (χ1n) is 6.83. The maximum absolute atomic E-state index is 12.3. The molecule has 5 heteroatoms. The number of carboxylic acid groups (broad SMARTS) is 1. The molecule has 0 saturated carbocycles. The van der Waals surface area contributed by atoms with Crippen molar-refractivity contribution in [1.29, 1.82) is 0 Å². The Morgan fingerprint density at radius 2 is 1.85 bits per heavy atom. The highest BCUT2D eigenvalue weighted by molar-refractivity contribution is 5.92. The summed E-state index contributed by atoms with van der Waals surface area (Å²) in [6, 6.07) is 3.35. The first kappa shape index (κ1) is 14.2. The fourth-order valence-electron chi connectivity index (χ4n) is 2.23. The van der Waals surface area contributed by atoms with E-state index in [1.807, 2.05) is 4.90 Å². The summed E-state index contributed by atoms with van der Waals surface area (Å²) in [5.74, 6) is -1.05. The molecule has 0 bridgehead atoms. The number of carbonyl (C=O) groups excluding carboxylic acids is 1. The van der Waals surface area contributed by atoms with Crippen LogP contribution >= 0.6 is 0 Å². The average Bonchev–Trinajstić information content (AvgIpc) is 2.74. The Kier molecular flexibility index (Phi) is 4.87. The fraction of sp³-hybridized carbons (Fsp3) is 0.400. The van der Waals surface area contributed by atoms with E-state index in [2.05, 4.69) is 4.98 Å². The van der Waals surface area contributed by atoms with Crippen molar-refractivity contribution in [3.8, 4) is 0 Å². The van der Waals surface area contributed by atoms with Crippen molar-refractivity contribution in [1.82, 2.24) is 9.88 Å². The van der Waals surface area contributed by atoms with Crippen molar-refractivity contribution >= 4 is 18.0 Å². The molecule has 0 atom stereocenters. The van der Waals surface area contributed by atoms with Crippen molar-refractivity contribution in [2.75, 3.05) is 13.1 Å². The van der Waals surface area contributed by atoms with Gasteiger partial charge in [-0.3, -0.25) is 9.78 Å². The Morgan fingerprint density at radius 3 is 2.40 bits per heavy atom. The van der Waals surface area contributed by atoms with Gasteiger partial charge in [0.05, 0.1) is 0 Å². The third-order valence-electron chi connectivity index (χ3n) is 3.32. The molecule has 106 valence electrons. The minimum Gasteiger partial charge on any atom is -0.478 e. The molecule has 1 N–H and O–H groups in total. The first-order chi connectivity index (χ1) is 9.66. The van der Waals surface area contributed by atoms with Gasteiger partial charge >= 0.3 is 5.97 Å². The van der Waals surface area contributed by atoms with Crippen LogP contribution in [0.25, 0.3) is 6.08 Å². The molecule has 1 fully saturated rings. The number of carbonyl (C=O) groups is 2.